The number of furan rings is 1. The van der Waals surface area contributed by atoms with E-state index in [9.17, 15) is 0 Å². The van der Waals surface area contributed by atoms with Crippen LogP contribution in [0.1, 0.15) is 0 Å². The van der Waals surface area contributed by atoms with Crippen molar-refractivity contribution in [1.29, 1.82) is 0 Å². The highest BCUT2D eigenvalue weighted by Gasteiger charge is 2.17. The number of hydrogen-bond acceptors (Lipinski definition) is 4. The number of para-hydroxylation sites is 2. The molecule has 0 aliphatic rings. The molecule has 0 radical (unpaired) electrons. The van der Waals surface area contributed by atoms with E-state index in [-0.39, 0.29) is 0 Å². The lowest BCUT2D eigenvalue weighted by molar-refractivity contribution is 0.620. The average molecular weight is 503 g/mol. The van der Waals surface area contributed by atoms with Crippen LogP contribution in [-0.4, -0.2) is 4.98 Å². The number of nitrogens with zero attached hydrogens (tertiary/aromatic N) is 2. The van der Waals surface area contributed by atoms with Gasteiger partial charge in [0.05, 0.1) is 0 Å². The van der Waals surface area contributed by atoms with Crippen LogP contribution >= 0.6 is 0 Å². The van der Waals surface area contributed by atoms with Crippen molar-refractivity contribution in [2.24, 2.45) is 0 Å². The summed E-state index contributed by atoms with van der Waals surface area (Å²) in [5.41, 5.74) is 7.61. The van der Waals surface area contributed by atoms with Crippen LogP contribution in [0.2, 0.25) is 0 Å². The van der Waals surface area contributed by atoms with Crippen molar-refractivity contribution in [2.45, 2.75) is 0 Å². The lowest BCUT2D eigenvalue weighted by Crippen LogP contribution is -2.09. The maximum atomic E-state index is 6.12. The molecule has 0 fully saturated rings. The number of anilines is 3. The quantitative estimate of drug-likeness (QED) is 0.240. The zero-order chi connectivity index (χ0) is 25.8. The number of rotatable bonds is 4. The van der Waals surface area contributed by atoms with Crippen LogP contribution in [0.3, 0.4) is 0 Å². The van der Waals surface area contributed by atoms with Crippen LogP contribution in [0.4, 0.5) is 17.1 Å². The molecule has 184 valence electrons. The highest BCUT2D eigenvalue weighted by Crippen LogP contribution is 2.40. The summed E-state index contributed by atoms with van der Waals surface area (Å²) in [7, 11) is 0. The maximum absolute atomic E-state index is 6.12. The van der Waals surface area contributed by atoms with E-state index < -0.39 is 0 Å². The molecule has 0 saturated carbocycles. The Morgan fingerprint density at radius 2 is 1.15 bits per heavy atom. The van der Waals surface area contributed by atoms with Gasteiger partial charge in [0.2, 0.25) is 5.89 Å². The van der Waals surface area contributed by atoms with E-state index in [1.165, 1.54) is 0 Å². The molecular weight excluding hydrogens is 480 g/mol. The molecule has 0 amide bonds. The van der Waals surface area contributed by atoms with Gasteiger partial charge in [0.1, 0.15) is 16.7 Å². The minimum atomic E-state index is 0.633. The van der Waals surface area contributed by atoms with Crippen molar-refractivity contribution >= 4 is 60.9 Å². The summed E-state index contributed by atoms with van der Waals surface area (Å²) in [6, 6.07) is 45.7. The Morgan fingerprint density at radius 1 is 0.462 bits per heavy atom. The minimum Gasteiger partial charge on any atom is -0.456 e. The summed E-state index contributed by atoms with van der Waals surface area (Å²) < 4.78 is 12.2. The summed E-state index contributed by atoms with van der Waals surface area (Å²) in [4.78, 5) is 7.15. The van der Waals surface area contributed by atoms with E-state index in [1.54, 1.807) is 0 Å². The largest absolute Gasteiger partial charge is 0.456 e. The Hall–Kier alpha value is -5.35. The van der Waals surface area contributed by atoms with E-state index in [2.05, 4.69) is 83.8 Å². The highest BCUT2D eigenvalue weighted by atomic mass is 16.3. The maximum Gasteiger partial charge on any atom is 0.227 e. The standard InChI is InChI=1S/C35H22N2O2/c1-3-9-23(10-4-1)35-36-34-28-18-16-26(21-24(28)15-19-33(34)39-35)37(25-11-5-2-6-12-25)27-17-20-32-30(22-27)29-13-7-8-14-31(29)38-32/h1-22H. The highest BCUT2D eigenvalue weighted by molar-refractivity contribution is 6.08. The molecule has 0 saturated heterocycles. The molecule has 2 heterocycles. The van der Waals surface area contributed by atoms with Crippen molar-refractivity contribution in [3.8, 4) is 11.5 Å². The Morgan fingerprint density at radius 3 is 2.03 bits per heavy atom. The SMILES string of the molecule is c1ccc(-c2nc3c(ccc4cc(N(c5ccccc5)c5ccc6oc7ccccc7c6c5)ccc43)o2)cc1. The molecule has 4 nitrogen and oxygen atoms in total. The van der Waals surface area contributed by atoms with Gasteiger partial charge in [0, 0.05) is 38.8 Å². The molecule has 0 bridgehead atoms. The second kappa shape index (κ2) is 8.61. The Labute approximate surface area is 224 Å². The fourth-order valence-electron chi connectivity index (χ4n) is 5.43. The molecule has 2 aromatic heterocycles. The van der Waals surface area contributed by atoms with Gasteiger partial charge in [0.15, 0.2) is 5.58 Å². The third kappa shape index (κ3) is 3.57. The zero-order valence-corrected chi connectivity index (χ0v) is 20.9. The second-order valence-electron chi connectivity index (χ2n) is 9.65. The molecular formula is C35H22N2O2. The second-order valence-corrected chi connectivity index (χ2v) is 9.65. The summed E-state index contributed by atoms with van der Waals surface area (Å²) in [5, 5.41) is 4.38. The molecule has 0 aliphatic carbocycles. The lowest BCUT2D eigenvalue weighted by atomic mass is 10.1. The van der Waals surface area contributed by atoms with E-state index in [0.29, 0.717) is 5.89 Å². The van der Waals surface area contributed by atoms with Gasteiger partial charge < -0.3 is 13.7 Å². The number of oxazole rings is 1. The summed E-state index contributed by atoms with van der Waals surface area (Å²) in [5.74, 6) is 0.633. The smallest absolute Gasteiger partial charge is 0.227 e. The Bertz CT molecular complexity index is 2130. The zero-order valence-electron chi connectivity index (χ0n) is 20.9. The average Bonchev–Trinajstić information content (AvgIpc) is 3.60. The van der Waals surface area contributed by atoms with Gasteiger partial charge in [-0.1, -0.05) is 60.7 Å². The molecule has 8 aromatic rings. The van der Waals surface area contributed by atoms with Gasteiger partial charge in [0.25, 0.3) is 0 Å². The minimum absolute atomic E-state index is 0.633. The van der Waals surface area contributed by atoms with E-state index in [0.717, 1.165) is 66.4 Å². The molecule has 0 atom stereocenters. The van der Waals surface area contributed by atoms with Crippen molar-refractivity contribution in [3.05, 3.63) is 133 Å². The molecule has 39 heavy (non-hydrogen) atoms. The van der Waals surface area contributed by atoms with Crippen LogP contribution in [0.25, 0.3) is 55.3 Å². The monoisotopic (exact) mass is 502 g/mol. The fourth-order valence-corrected chi connectivity index (χ4v) is 5.43. The van der Waals surface area contributed by atoms with Gasteiger partial charge >= 0.3 is 0 Å². The topological polar surface area (TPSA) is 42.4 Å². The molecule has 8 rings (SSSR count). The number of benzene rings is 6. The first-order chi connectivity index (χ1) is 19.3. The van der Waals surface area contributed by atoms with Crippen LogP contribution < -0.4 is 4.90 Å². The molecule has 0 spiro atoms. The van der Waals surface area contributed by atoms with Gasteiger partial charge in [-0.3, -0.25) is 0 Å². The van der Waals surface area contributed by atoms with Crippen molar-refractivity contribution < 1.29 is 8.83 Å². The van der Waals surface area contributed by atoms with Crippen LogP contribution in [-0.2, 0) is 0 Å². The van der Waals surface area contributed by atoms with E-state index in [1.807, 2.05) is 54.6 Å². The summed E-state index contributed by atoms with van der Waals surface area (Å²) >= 11 is 0. The molecule has 0 aliphatic heterocycles. The lowest BCUT2D eigenvalue weighted by Gasteiger charge is -2.26. The predicted molar refractivity (Wildman–Crippen MR) is 159 cm³/mol. The summed E-state index contributed by atoms with van der Waals surface area (Å²) in [6.45, 7) is 0. The predicted octanol–water partition coefficient (Wildman–Crippen LogP) is 10.0. The van der Waals surface area contributed by atoms with Crippen molar-refractivity contribution in [1.82, 2.24) is 4.98 Å². The first kappa shape index (κ1) is 21.7. The molecule has 0 N–H and O–H groups in total. The Kier molecular flexibility index (Phi) is 4.79. The van der Waals surface area contributed by atoms with Crippen molar-refractivity contribution in [3.63, 3.8) is 0 Å². The number of hydrogen-bond donors (Lipinski definition) is 0. The van der Waals surface area contributed by atoms with Gasteiger partial charge in [-0.2, -0.15) is 0 Å². The van der Waals surface area contributed by atoms with Crippen LogP contribution in [0, 0.1) is 0 Å². The van der Waals surface area contributed by atoms with E-state index >= 15 is 0 Å². The first-order valence-electron chi connectivity index (χ1n) is 13.0. The normalized spacial score (nSPS) is 11.6. The van der Waals surface area contributed by atoms with E-state index in [4.69, 9.17) is 13.8 Å². The van der Waals surface area contributed by atoms with Gasteiger partial charge in [-0.05, 0) is 78.2 Å². The Balaban J connectivity index is 1.30. The van der Waals surface area contributed by atoms with Crippen molar-refractivity contribution in [2.75, 3.05) is 4.90 Å². The fraction of sp³-hybridized carbons (Fsp3) is 0. The third-order valence-corrected chi connectivity index (χ3v) is 7.27. The summed E-state index contributed by atoms with van der Waals surface area (Å²) in [6.07, 6.45) is 0. The first-order valence-corrected chi connectivity index (χ1v) is 13.0. The molecule has 6 aromatic carbocycles. The molecule has 4 heteroatoms. The third-order valence-electron chi connectivity index (χ3n) is 7.27. The number of fused-ring (bicyclic) bond motifs is 6. The number of aromatic nitrogens is 1. The van der Waals surface area contributed by atoms with Crippen LogP contribution in [0.15, 0.2) is 142 Å². The molecule has 0 unspecified atom stereocenters. The van der Waals surface area contributed by atoms with Gasteiger partial charge in [-0.25, -0.2) is 4.98 Å². The van der Waals surface area contributed by atoms with Gasteiger partial charge in [-0.15, -0.1) is 0 Å². The van der Waals surface area contributed by atoms with Crippen LogP contribution in [0.5, 0.6) is 0 Å².